The maximum atomic E-state index is 13.0. The van der Waals surface area contributed by atoms with Gasteiger partial charge >= 0.3 is 0 Å². The van der Waals surface area contributed by atoms with E-state index in [1.54, 1.807) is 17.1 Å². The van der Waals surface area contributed by atoms with Gasteiger partial charge in [-0.15, -0.1) is 5.10 Å². The average molecular weight is 494 g/mol. The molecule has 11 heteroatoms. The molecule has 4 rings (SSSR count). The molecule has 8 nitrogen and oxygen atoms in total. The summed E-state index contributed by atoms with van der Waals surface area (Å²) < 4.78 is 28.9. The fraction of sp³-hybridized carbons (Fsp3) is 0.286. The fourth-order valence-electron chi connectivity index (χ4n) is 3.63. The second-order valence-electron chi connectivity index (χ2n) is 7.47. The standard InChI is InChI=1S/C21H21Cl2N5O3S/c22-17-7-4-8-18(23)19(17)32(30,31)28-11-9-16(10-12-28)20(29)25-21-24-14-27(26-21)13-15-5-2-1-3-6-15/h1-8,14,16H,9-13H2,(H,25,26,29). The van der Waals surface area contributed by atoms with Gasteiger partial charge in [0.05, 0.1) is 16.6 Å². The number of halogens is 2. The molecule has 0 radical (unpaired) electrons. The predicted octanol–water partition coefficient (Wildman–Crippen LogP) is 3.67. The highest BCUT2D eigenvalue weighted by Gasteiger charge is 2.34. The van der Waals surface area contributed by atoms with E-state index in [4.69, 9.17) is 23.2 Å². The monoisotopic (exact) mass is 493 g/mol. The highest BCUT2D eigenvalue weighted by Crippen LogP contribution is 2.33. The minimum Gasteiger partial charge on any atom is -0.293 e. The molecule has 0 spiro atoms. The Bertz CT molecular complexity index is 1190. The third kappa shape index (κ3) is 4.96. The van der Waals surface area contributed by atoms with Crippen LogP contribution in [-0.4, -0.2) is 46.5 Å². The molecular weight excluding hydrogens is 473 g/mol. The number of anilines is 1. The summed E-state index contributed by atoms with van der Waals surface area (Å²) in [4.78, 5) is 16.7. The van der Waals surface area contributed by atoms with E-state index in [1.165, 1.54) is 16.4 Å². The van der Waals surface area contributed by atoms with Crippen LogP contribution in [0.15, 0.2) is 59.8 Å². The maximum Gasteiger partial charge on any atom is 0.248 e. The van der Waals surface area contributed by atoms with Gasteiger partial charge in [0.15, 0.2) is 0 Å². The van der Waals surface area contributed by atoms with Gasteiger partial charge in [0.1, 0.15) is 11.2 Å². The summed E-state index contributed by atoms with van der Waals surface area (Å²) in [6.07, 6.45) is 2.31. The van der Waals surface area contributed by atoms with Gasteiger partial charge in [-0.2, -0.15) is 4.31 Å². The lowest BCUT2D eigenvalue weighted by Crippen LogP contribution is -2.41. The Kier molecular flexibility index (Phi) is 6.80. The third-order valence-electron chi connectivity index (χ3n) is 5.30. The number of carbonyl (C=O) groups is 1. The van der Waals surface area contributed by atoms with Gasteiger partial charge in [-0.05, 0) is 30.5 Å². The lowest BCUT2D eigenvalue weighted by atomic mass is 9.97. The number of benzene rings is 2. The molecule has 1 fully saturated rings. The van der Waals surface area contributed by atoms with Crippen LogP contribution in [0.25, 0.3) is 0 Å². The summed E-state index contributed by atoms with van der Waals surface area (Å²) in [6, 6.07) is 14.4. The zero-order valence-electron chi connectivity index (χ0n) is 17.0. The molecule has 1 aliphatic rings. The SMILES string of the molecule is O=C(Nc1ncn(Cc2ccccc2)n1)C1CCN(S(=O)(=O)c2c(Cl)cccc2Cl)CC1. The first-order valence-electron chi connectivity index (χ1n) is 10.0. The topological polar surface area (TPSA) is 97.2 Å². The molecular formula is C21H21Cl2N5O3S. The molecule has 1 aromatic heterocycles. The summed E-state index contributed by atoms with van der Waals surface area (Å²) >= 11 is 12.2. The van der Waals surface area contributed by atoms with Crippen molar-refractivity contribution in [2.45, 2.75) is 24.3 Å². The van der Waals surface area contributed by atoms with E-state index < -0.39 is 10.0 Å². The molecule has 0 saturated carbocycles. The van der Waals surface area contributed by atoms with Crippen molar-refractivity contribution in [3.05, 3.63) is 70.5 Å². The fourth-order valence-corrected chi connectivity index (χ4v) is 6.19. The maximum absolute atomic E-state index is 13.0. The van der Waals surface area contributed by atoms with E-state index in [1.807, 2.05) is 30.3 Å². The lowest BCUT2D eigenvalue weighted by Gasteiger charge is -2.30. The Labute approximate surface area is 196 Å². The number of carbonyl (C=O) groups excluding carboxylic acids is 1. The van der Waals surface area contributed by atoms with E-state index >= 15 is 0 Å². The average Bonchev–Trinajstić information content (AvgIpc) is 3.21. The van der Waals surface area contributed by atoms with Crippen molar-refractivity contribution >= 4 is 45.1 Å². The smallest absolute Gasteiger partial charge is 0.248 e. The molecule has 1 N–H and O–H groups in total. The van der Waals surface area contributed by atoms with Crippen LogP contribution >= 0.6 is 23.2 Å². The highest BCUT2D eigenvalue weighted by atomic mass is 35.5. The molecule has 1 saturated heterocycles. The summed E-state index contributed by atoms with van der Waals surface area (Å²) in [5.41, 5.74) is 1.07. The van der Waals surface area contributed by atoms with Crippen LogP contribution in [0.2, 0.25) is 10.0 Å². The zero-order valence-corrected chi connectivity index (χ0v) is 19.3. The highest BCUT2D eigenvalue weighted by molar-refractivity contribution is 7.89. The number of rotatable bonds is 6. The minimum atomic E-state index is -3.85. The molecule has 32 heavy (non-hydrogen) atoms. The van der Waals surface area contributed by atoms with Crippen molar-refractivity contribution in [3.63, 3.8) is 0 Å². The minimum absolute atomic E-state index is 0.0783. The summed E-state index contributed by atoms with van der Waals surface area (Å²) in [5.74, 6) is -0.344. The number of piperidine rings is 1. The first kappa shape index (κ1) is 22.7. The van der Waals surface area contributed by atoms with E-state index in [0.717, 1.165) is 5.56 Å². The quantitative estimate of drug-likeness (QED) is 0.564. The number of nitrogens with one attached hydrogen (secondary N) is 1. The summed E-state index contributed by atoms with van der Waals surface area (Å²) in [5, 5.41) is 7.18. The molecule has 3 aromatic rings. The first-order valence-corrected chi connectivity index (χ1v) is 12.2. The molecule has 1 amide bonds. The third-order valence-corrected chi connectivity index (χ3v) is 8.16. The van der Waals surface area contributed by atoms with Crippen LogP contribution in [0.5, 0.6) is 0 Å². The first-order chi connectivity index (χ1) is 15.3. The van der Waals surface area contributed by atoms with Crippen molar-refractivity contribution in [3.8, 4) is 0 Å². The van der Waals surface area contributed by atoms with Crippen molar-refractivity contribution in [2.75, 3.05) is 18.4 Å². The lowest BCUT2D eigenvalue weighted by molar-refractivity contribution is -0.121. The van der Waals surface area contributed by atoms with E-state index in [2.05, 4.69) is 15.4 Å². The molecule has 2 heterocycles. The normalized spacial score (nSPS) is 15.6. The van der Waals surface area contributed by atoms with Crippen LogP contribution in [-0.2, 0) is 21.4 Å². The van der Waals surface area contributed by atoms with Crippen molar-refractivity contribution in [1.82, 2.24) is 19.1 Å². The largest absolute Gasteiger partial charge is 0.293 e. The number of amides is 1. The number of sulfonamides is 1. The number of hydrogen-bond acceptors (Lipinski definition) is 5. The van der Waals surface area contributed by atoms with Crippen molar-refractivity contribution in [1.29, 1.82) is 0 Å². The molecule has 0 bridgehead atoms. The van der Waals surface area contributed by atoms with Gasteiger partial charge in [-0.1, -0.05) is 59.6 Å². The Hall–Kier alpha value is -2.46. The van der Waals surface area contributed by atoms with Crippen LogP contribution in [0.3, 0.4) is 0 Å². The van der Waals surface area contributed by atoms with E-state index in [9.17, 15) is 13.2 Å². The molecule has 0 atom stereocenters. The summed E-state index contributed by atoms with van der Waals surface area (Å²) in [7, 11) is -3.85. The van der Waals surface area contributed by atoms with E-state index in [0.29, 0.717) is 19.4 Å². The number of nitrogens with zero attached hydrogens (tertiary/aromatic N) is 4. The Morgan fingerprint density at radius 3 is 2.34 bits per heavy atom. The number of hydrogen-bond donors (Lipinski definition) is 1. The zero-order chi connectivity index (χ0) is 22.7. The van der Waals surface area contributed by atoms with Gasteiger partial charge in [0, 0.05) is 19.0 Å². The molecule has 168 valence electrons. The Morgan fingerprint density at radius 1 is 1.03 bits per heavy atom. The van der Waals surface area contributed by atoms with Crippen molar-refractivity contribution in [2.24, 2.45) is 5.92 Å². The van der Waals surface area contributed by atoms with Gasteiger partial charge in [-0.3, -0.25) is 10.1 Å². The second kappa shape index (κ2) is 9.58. The Morgan fingerprint density at radius 2 is 1.69 bits per heavy atom. The van der Waals surface area contributed by atoms with Crippen LogP contribution in [0.1, 0.15) is 18.4 Å². The second-order valence-corrected chi connectivity index (χ2v) is 10.2. The van der Waals surface area contributed by atoms with Crippen LogP contribution in [0.4, 0.5) is 5.95 Å². The van der Waals surface area contributed by atoms with Gasteiger partial charge in [0.2, 0.25) is 21.9 Å². The Balaban J connectivity index is 1.35. The van der Waals surface area contributed by atoms with Gasteiger partial charge in [-0.25, -0.2) is 18.1 Å². The van der Waals surface area contributed by atoms with Crippen LogP contribution in [0, 0.1) is 5.92 Å². The molecule has 0 aliphatic carbocycles. The van der Waals surface area contributed by atoms with Gasteiger partial charge < -0.3 is 0 Å². The number of aromatic nitrogens is 3. The van der Waals surface area contributed by atoms with E-state index in [-0.39, 0.29) is 45.8 Å². The van der Waals surface area contributed by atoms with Gasteiger partial charge in [0.25, 0.3) is 0 Å². The van der Waals surface area contributed by atoms with Crippen LogP contribution < -0.4 is 5.32 Å². The van der Waals surface area contributed by atoms with Crippen molar-refractivity contribution < 1.29 is 13.2 Å². The molecule has 1 aliphatic heterocycles. The predicted molar refractivity (Wildman–Crippen MR) is 122 cm³/mol. The molecule has 0 unspecified atom stereocenters. The summed E-state index contributed by atoms with van der Waals surface area (Å²) in [6.45, 7) is 0.931. The molecule has 2 aromatic carbocycles.